The van der Waals surface area contributed by atoms with Crippen LogP contribution in [0.5, 0.6) is 0 Å². The largest absolute Gasteiger partial charge is 0.480 e. The van der Waals surface area contributed by atoms with Crippen molar-refractivity contribution in [2.45, 2.75) is 38.8 Å². The first-order valence-corrected chi connectivity index (χ1v) is 9.01. The zero-order valence-corrected chi connectivity index (χ0v) is 16.1. The van der Waals surface area contributed by atoms with Crippen molar-refractivity contribution in [3.8, 4) is 0 Å². The molecule has 0 heterocycles. The number of nitrogens with one attached hydrogen (secondary N) is 2. The fraction of sp³-hybridized carbons (Fsp3) is 0.474. The fourth-order valence-electron chi connectivity index (χ4n) is 2.54. The highest BCUT2D eigenvalue weighted by molar-refractivity contribution is 5.99. The molecule has 0 aliphatic carbocycles. The third kappa shape index (κ3) is 7.85. The van der Waals surface area contributed by atoms with Crippen molar-refractivity contribution in [2.75, 3.05) is 13.1 Å². The minimum Gasteiger partial charge on any atom is -0.480 e. The summed E-state index contributed by atoms with van der Waals surface area (Å²) in [5.41, 5.74) is 12.1. The molecule has 0 spiro atoms. The topological polar surface area (TPSA) is 165 Å². The van der Waals surface area contributed by atoms with Crippen LogP contribution in [0, 0.1) is 5.92 Å². The van der Waals surface area contributed by atoms with Gasteiger partial charge in [-0.25, -0.2) is 4.79 Å². The lowest BCUT2D eigenvalue weighted by Gasteiger charge is -2.19. The molecule has 0 fully saturated rings. The van der Waals surface area contributed by atoms with Gasteiger partial charge < -0.3 is 27.2 Å². The van der Waals surface area contributed by atoms with Crippen LogP contribution in [0.1, 0.15) is 36.2 Å². The summed E-state index contributed by atoms with van der Waals surface area (Å²) in [5, 5.41) is 14.1. The van der Waals surface area contributed by atoms with Crippen molar-refractivity contribution in [1.82, 2.24) is 10.6 Å². The second kappa shape index (κ2) is 11.2. The molecule has 0 saturated carbocycles. The standard InChI is InChI=1S/C19H28N4O5/c1-11(2)6-15(19(27)28)23-18(26)14(21)8-12-4-3-5-13(7-12)16(24)10-22-17(25)9-20/h3-5,7,11,14-15H,6,8-10,20-21H2,1-2H3,(H,22,25)(H,23,26)(H,27,28)/t14-,15-/m0/s1. The highest BCUT2D eigenvalue weighted by atomic mass is 16.4. The minimum absolute atomic E-state index is 0.0973. The maximum atomic E-state index is 12.2. The van der Waals surface area contributed by atoms with Crippen LogP contribution in [0.15, 0.2) is 24.3 Å². The molecule has 1 rings (SSSR count). The second-order valence-corrected chi connectivity index (χ2v) is 6.94. The van der Waals surface area contributed by atoms with Gasteiger partial charge in [0.2, 0.25) is 11.8 Å². The number of hydrogen-bond acceptors (Lipinski definition) is 6. The Balaban J connectivity index is 2.71. The lowest BCUT2D eigenvalue weighted by atomic mass is 10.00. The Kier molecular flexibility index (Phi) is 9.26. The zero-order valence-electron chi connectivity index (χ0n) is 16.1. The molecule has 2 amide bonds. The van der Waals surface area contributed by atoms with Gasteiger partial charge in [-0.2, -0.15) is 0 Å². The third-order valence-electron chi connectivity index (χ3n) is 3.99. The van der Waals surface area contributed by atoms with E-state index in [0.717, 1.165) is 0 Å². The van der Waals surface area contributed by atoms with Gasteiger partial charge in [-0.3, -0.25) is 14.4 Å². The normalized spacial score (nSPS) is 12.9. The van der Waals surface area contributed by atoms with Gasteiger partial charge in [0.05, 0.1) is 19.1 Å². The molecular formula is C19H28N4O5. The molecule has 9 nitrogen and oxygen atoms in total. The predicted molar refractivity (Wildman–Crippen MR) is 104 cm³/mol. The maximum absolute atomic E-state index is 12.2. The highest BCUT2D eigenvalue weighted by Gasteiger charge is 2.24. The summed E-state index contributed by atoms with van der Waals surface area (Å²) in [6.45, 7) is 3.34. The Morgan fingerprint density at radius 2 is 1.86 bits per heavy atom. The number of amides is 2. The van der Waals surface area contributed by atoms with E-state index >= 15 is 0 Å². The summed E-state index contributed by atoms with van der Waals surface area (Å²) in [4.78, 5) is 46.8. The summed E-state index contributed by atoms with van der Waals surface area (Å²) < 4.78 is 0. The number of carboxylic acid groups (broad SMARTS) is 1. The van der Waals surface area contributed by atoms with Crippen LogP contribution in [-0.4, -0.2) is 53.8 Å². The first-order valence-electron chi connectivity index (χ1n) is 9.01. The molecule has 0 aliphatic rings. The van der Waals surface area contributed by atoms with Gasteiger partial charge in [-0.05, 0) is 30.4 Å². The van der Waals surface area contributed by atoms with Crippen LogP contribution in [0.3, 0.4) is 0 Å². The van der Waals surface area contributed by atoms with Gasteiger partial charge in [0, 0.05) is 5.56 Å². The van der Waals surface area contributed by atoms with Gasteiger partial charge in [0.1, 0.15) is 6.04 Å². The van der Waals surface area contributed by atoms with E-state index in [1.807, 2.05) is 13.8 Å². The quantitative estimate of drug-likeness (QED) is 0.315. The summed E-state index contributed by atoms with van der Waals surface area (Å²) in [7, 11) is 0. The second-order valence-electron chi connectivity index (χ2n) is 6.94. The lowest BCUT2D eigenvalue weighted by molar-refractivity contribution is -0.142. The monoisotopic (exact) mass is 392 g/mol. The lowest BCUT2D eigenvalue weighted by Crippen LogP contribution is -2.49. The predicted octanol–water partition coefficient (Wildman–Crippen LogP) is -0.570. The number of aliphatic carboxylic acids is 1. The number of rotatable bonds is 11. The van der Waals surface area contributed by atoms with Gasteiger partial charge in [-0.1, -0.05) is 32.0 Å². The average Bonchev–Trinajstić information content (AvgIpc) is 2.64. The SMILES string of the molecule is CC(C)C[C@H](NC(=O)[C@@H](N)Cc1cccc(C(=O)CNC(=O)CN)c1)C(=O)O. The van der Waals surface area contributed by atoms with E-state index in [1.54, 1.807) is 24.3 Å². The summed E-state index contributed by atoms with van der Waals surface area (Å²) >= 11 is 0. The van der Waals surface area contributed by atoms with Gasteiger partial charge in [0.25, 0.3) is 0 Å². The van der Waals surface area contributed by atoms with Crippen molar-refractivity contribution in [3.05, 3.63) is 35.4 Å². The van der Waals surface area contributed by atoms with Gasteiger partial charge in [-0.15, -0.1) is 0 Å². The molecule has 0 unspecified atom stereocenters. The molecule has 0 radical (unpaired) electrons. The summed E-state index contributed by atoms with van der Waals surface area (Å²) in [6, 6.07) is 4.58. The van der Waals surface area contributed by atoms with Crippen molar-refractivity contribution < 1.29 is 24.3 Å². The molecule has 9 heteroatoms. The van der Waals surface area contributed by atoms with E-state index < -0.39 is 29.9 Å². The number of nitrogens with two attached hydrogens (primary N) is 2. The molecule has 1 aromatic rings. The maximum Gasteiger partial charge on any atom is 0.326 e. The Morgan fingerprint density at radius 1 is 1.18 bits per heavy atom. The molecule has 0 saturated heterocycles. The zero-order chi connectivity index (χ0) is 21.3. The van der Waals surface area contributed by atoms with E-state index in [1.165, 1.54) is 0 Å². The van der Waals surface area contributed by atoms with Crippen molar-refractivity contribution in [1.29, 1.82) is 0 Å². The first kappa shape index (κ1) is 23.3. The number of carboxylic acids is 1. The molecule has 0 aromatic heterocycles. The molecular weight excluding hydrogens is 364 g/mol. The molecule has 28 heavy (non-hydrogen) atoms. The number of carbonyl (C=O) groups is 4. The van der Waals surface area contributed by atoms with E-state index in [-0.39, 0.29) is 31.2 Å². The molecule has 7 N–H and O–H groups in total. The van der Waals surface area contributed by atoms with Crippen molar-refractivity contribution in [2.24, 2.45) is 17.4 Å². The Bertz CT molecular complexity index is 720. The third-order valence-corrected chi connectivity index (χ3v) is 3.99. The van der Waals surface area contributed by atoms with Crippen LogP contribution in [0.25, 0.3) is 0 Å². The van der Waals surface area contributed by atoms with E-state index in [0.29, 0.717) is 17.5 Å². The van der Waals surface area contributed by atoms with Crippen LogP contribution < -0.4 is 22.1 Å². The number of Topliss-reactive ketones (excluding diaryl/α,β-unsaturated/α-hetero) is 1. The number of carbonyl (C=O) groups excluding carboxylic acids is 3. The Hall–Kier alpha value is -2.78. The van der Waals surface area contributed by atoms with Crippen LogP contribution >= 0.6 is 0 Å². The summed E-state index contributed by atoms with van der Waals surface area (Å²) in [5.74, 6) is -2.32. The molecule has 154 valence electrons. The van der Waals surface area contributed by atoms with Gasteiger partial charge >= 0.3 is 5.97 Å². The van der Waals surface area contributed by atoms with Crippen LogP contribution in [-0.2, 0) is 20.8 Å². The van der Waals surface area contributed by atoms with E-state index in [4.69, 9.17) is 11.5 Å². The Labute approximate surface area is 163 Å². The number of hydrogen-bond donors (Lipinski definition) is 5. The number of benzene rings is 1. The fourth-order valence-corrected chi connectivity index (χ4v) is 2.54. The molecule has 2 atom stereocenters. The van der Waals surface area contributed by atoms with Crippen LogP contribution in [0.4, 0.5) is 0 Å². The average molecular weight is 392 g/mol. The number of ketones is 1. The van der Waals surface area contributed by atoms with E-state index in [2.05, 4.69) is 10.6 Å². The molecule has 0 bridgehead atoms. The smallest absolute Gasteiger partial charge is 0.326 e. The molecule has 1 aromatic carbocycles. The van der Waals surface area contributed by atoms with Crippen molar-refractivity contribution >= 4 is 23.6 Å². The highest BCUT2D eigenvalue weighted by Crippen LogP contribution is 2.09. The van der Waals surface area contributed by atoms with Gasteiger partial charge in [0.15, 0.2) is 5.78 Å². The van der Waals surface area contributed by atoms with Crippen molar-refractivity contribution in [3.63, 3.8) is 0 Å². The van der Waals surface area contributed by atoms with E-state index in [9.17, 15) is 24.3 Å². The summed E-state index contributed by atoms with van der Waals surface area (Å²) in [6.07, 6.45) is 0.433. The minimum atomic E-state index is -1.11. The first-order chi connectivity index (χ1) is 13.1. The van der Waals surface area contributed by atoms with Crippen LogP contribution in [0.2, 0.25) is 0 Å². The molecule has 0 aliphatic heterocycles. The Morgan fingerprint density at radius 3 is 2.43 bits per heavy atom.